The summed E-state index contributed by atoms with van der Waals surface area (Å²) in [6, 6.07) is 11.2. The summed E-state index contributed by atoms with van der Waals surface area (Å²) in [6.07, 6.45) is 0.201. The van der Waals surface area contributed by atoms with Gasteiger partial charge in [-0.25, -0.2) is 0 Å². The summed E-state index contributed by atoms with van der Waals surface area (Å²) in [5.41, 5.74) is 3.74. The number of aryl methyl sites for hydroxylation is 2. The van der Waals surface area contributed by atoms with E-state index < -0.39 is 0 Å². The van der Waals surface area contributed by atoms with Crippen LogP contribution >= 0.6 is 23.2 Å². The minimum absolute atomic E-state index is 0.110. The van der Waals surface area contributed by atoms with Gasteiger partial charge in [-0.15, -0.1) is 0 Å². The SMILES string of the molecule is Cc1ccc(NC(=O)Cc2cccc(Cl)c2Cl)c(C)c1. The van der Waals surface area contributed by atoms with Crippen LogP contribution in [0, 0.1) is 13.8 Å². The molecular weight excluding hydrogens is 293 g/mol. The Labute approximate surface area is 128 Å². The summed E-state index contributed by atoms with van der Waals surface area (Å²) in [4.78, 5) is 12.1. The van der Waals surface area contributed by atoms with Gasteiger partial charge in [-0.2, -0.15) is 0 Å². The van der Waals surface area contributed by atoms with E-state index in [4.69, 9.17) is 23.2 Å². The van der Waals surface area contributed by atoms with Gasteiger partial charge in [0.25, 0.3) is 0 Å². The van der Waals surface area contributed by atoms with E-state index in [2.05, 4.69) is 5.32 Å². The molecule has 0 aliphatic carbocycles. The number of amides is 1. The minimum atomic E-state index is -0.110. The van der Waals surface area contributed by atoms with Crippen LogP contribution in [-0.2, 0) is 11.2 Å². The molecule has 2 rings (SSSR count). The zero-order valence-corrected chi connectivity index (χ0v) is 12.8. The predicted molar refractivity (Wildman–Crippen MR) is 84.7 cm³/mol. The van der Waals surface area contributed by atoms with E-state index in [1.807, 2.05) is 32.0 Å². The molecule has 0 aromatic heterocycles. The van der Waals surface area contributed by atoms with Crippen molar-refractivity contribution in [2.24, 2.45) is 0 Å². The maximum Gasteiger partial charge on any atom is 0.228 e. The molecular formula is C16H15Cl2NO. The highest BCUT2D eigenvalue weighted by Crippen LogP contribution is 2.26. The van der Waals surface area contributed by atoms with E-state index in [0.29, 0.717) is 10.0 Å². The lowest BCUT2D eigenvalue weighted by Gasteiger charge is -2.10. The van der Waals surface area contributed by atoms with Crippen LogP contribution < -0.4 is 5.32 Å². The highest BCUT2D eigenvalue weighted by atomic mass is 35.5. The van der Waals surface area contributed by atoms with E-state index >= 15 is 0 Å². The third-order valence-electron chi connectivity index (χ3n) is 3.04. The van der Waals surface area contributed by atoms with E-state index in [0.717, 1.165) is 16.8 Å². The number of hydrogen-bond acceptors (Lipinski definition) is 1. The average Bonchev–Trinajstić information content (AvgIpc) is 2.38. The molecule has 2 aromatic carbocycles. The van der Waals surface area contributed by atoms with Gasteiger partial charge in [-0.3, -0.25) is 4.79 Å². The number of rotatable bonds is 3. The van der Waals surface area contributed by atoms with Gasteiger partial charge in [-0.05, 0) is 37.1 Å². The lowest BCUT2D eigenvalue weighted by molar-refractivity contribution is -0.115. The Bertz CT molecular complexity index is 653. The van der Waals surface area contributed by atoms with E-state index in [9.17, 15) is 4.79 Å². The number of halogens is 2. The second-order valence-corrected chi connectivity index (χ2v) is 5.54. The third-order valence-corrected chi connectivity index (χ3v) is 3.90. The molecule has 0 bridgehead atoms. The zero-order valence-electron chi connectivity index (χ0n) is 11.3. The van der Waals surface area contributed by atoms with Crippen molar-refractivity contribution < 1.29 is 4.79 Å². The van der Waals surface area contributed by atoms with Gasteiger partial charge in [0.1, 0.15) is 0 Å². The van der Waals surface area contributed by atoms with Crippen molar-refractivity contribution in [1.29, 1.82) is 0 Å². The monoisotopic (exact) mass is 307 g/mol. The Balaban J connectivity index is 2.11. The molecule has 0 heterocycles. The average molecular weight is 308 g/mol. The molecule has 20 heavy (non-hydrogen) atoms. The first-order valence-corrected chi connectivity index (χ1v) is 7.03. The fourth-order valence-electron chi connectivity index (χ4n) is 2.01. The van der Waals surface area contributed by atoms with Gasteiger partial charge in [0.15, 0.2) is 0 Å². The number of benzene rings is 2. The van der Waals surface area contributed by atoms with Crippen LogP contribution in [0.15, 0.2) is 36.4 Å². The second-order valence-electron chi connectivity index (χ2n) is 4.76. The van der Waals surface area contributed by atoms with Gasteiger partial charge in [0.05, 0.1) is 16.5 Å². The van der Waals surface area contributed by atoms with Crippen LogP contribution in [0.25, 0.3) is 0 Å². The van der Waals surface area contributed by atoms with Gasteiger partial charge < -0.3 is 5.32 Å². The van der Waals surface area contributed by atoms with Crippen LogP contribution in [0.5, 0.6) is 0 Å². The fraction of sp³-hybridized carbons (Fsp3) is 0.188. The molecule has 2 nitrogen and oxygen atoms in total. The Kier molecular flexibility index (Phi) is 4.69. The Morgan fingerprint density at radius 1 is 1.15 bits per heavy atom. The van der Waals surface area contributed by atoms with E-state index in [1.165, 1.54) is 5.56 Å². The maximum absolute atomic E-state index is 12.1. The van der Waals surface area contributed by atoms with E-state index in [-0.39, 0.29) is 12.3 Å². The van der Waals surface area contributed by atoms with Crippen LogP contribution in [0.2, 0.25) is 10.0 Å². The number of anilines is 1. The van der Waals surface area contributed by atoms with Gasteiger partial charge in [0.2, 0.25) is 5.91 Å². The molecule has 0 unspecified atom stereocenters. The molecule has 1 amide bonds. The Morgan fingerprint density at radius 2 is 1.90 bits per heavy atom. The smallest absolute Gasteiger partial charge is 0.228 e. The predicted octanol–water partition coefficient (Wildman–Crippen LogP) is 4.79. The normalized spacial score (nSPS) is 10.4. The van der Waals surface area contributed by atoms with Gasteiger partial charge >= 0.3 is 0 Å². The summed E-state index contributed by atoms with van der Waals surface area (Å²) < 4.78 is 0. The summed E-state index contributed by atoms with van der Waals surface area (Å²) in [5, 5.41) is 3.79. The first-order valence-electron chi connectivity index (χ1n) is 6.27. The van der Waals surface area contributed by atoms with Crippen molar-refractivity contribution >= 4 is 34.8 Å². The van der Waals surface area contributed by atoms with Crippen LogP contribution in [0.3, 0.4) is 0 Å². The highest BCUT2D eigenvalue weighted by molar-refractivity contribution is 6.42. The number of carbonyl (C=O) groups is 1. The summed E-state index contributed by atoms with van der Waals surface area (Å²) in [6.45, 7) is 3.99. The van der Waals surface area contributed by atoms with Crippen molar-refractivity contribution in [3.05, 3.63) is 63.1 Å². The summed E-state index contributed by atoms with van der Waals surface area (Å²) in [7, 11) is 0. The zero-order chi connectivity index (χ0) is 14.7. The molecule has 104 valence electrons. The topological polar surface area (TPSA) is 29.1 Å². The first kappa shape index (κ1) is 14.9. The minimum Gasteiger partial charge on any atom is -0.326 e. The van der Waals surface area contributed by atoms with Crippen molar-refractivity contribution in [1.82, 2.24) is 0 Å². The summed E-state index contributed by atoms with van der Waals surface area (Å²) >= 11 is 12.0. The molecule has 0 aliphatic rings. The van der Waals surface area contributed by atoms with Crippen molar-refractivity contribution in [2.75, 3.05) is 5.32 Å². The lowest BCUT2D eigenvalue weighted by atomic mass is 10.1. The quantitative estimate of drug-likeness (QED) is 0.867. The third kappa shape index (κ3) is 3.53. The molecule has 0 spiro atoms. The van der Waals surface area contributed by atoms with E-state index in [1.54, 1.807) is 18.2 Å². The molecule has 0 saturated heterocycles. The number of hydrogen-bond donors (Lipinski definition) is 1. The molecule has 0 atom stereocenters. The Hall–Kier alpha value is -1.51. The highest BCUT2D eigenvalue weighted by Gasteiger charge is 2.10. The van der Waals surface area contributed by atoms with Crippen molar-refractivity contribution in [3.8, 4) is 0 Å². The molecule has 0 fully saturated rings. The van der Waals surface area contributed by atoms with Gasteiger partial charge in [0, 0.05) is 5.69 Å². The number of carbonyl (C=O) groups excluding carboxylic acids is 1. The van der Waals surface area contributed by atoms with Crippen LogP contribution in [0.4, 0.5) is 5.69 Å². The second kappa shape index (κ2) is 6.29. The standard InChI is InChI=1S/C16H15Cl2NO/c1-10-6-7-14(11(2)8-10)19-15(20)9-12-4-3-5-13(17)16(12)18/h3-8H,9H2,1-2H3,(H,19,20). The largest absolute Gasteiger partial charge is 0.326 e. The fourth-order valence-corrected chi connectivity index (χ4v) is 2.39. The van der Waals surface area contributed by atoms with Crippen LogP contribution in [-0.4, -0.2) is 5.91 Å². The molecule has 0 saturated carbocycles. The molecule has 0 aliphatic heterocycles. The van der Waals surface area contributed by atoms with Crippen LogP contribution in [0.1, 0.15) is 16.7 Å². The first-order chi connectivity index (χ1) is 9.47. The van der Waals surface area contributed by atoms with Crippen molar-refractivity contribution in [2.45, 2.75) is 20.3 Å². The van der Waals surface area contributed by atoms with Gasteiger partial charge in [-0.1, -0.05) is 53.0 Å². The lowest BCUT2D eigenvalue weighted by Crippen LogP contribution is -2.15. The molecule has 2 aromatic rings. The number of nitrogens with one attached hydrogen (secondary N) is 1. The van der Waals surface area contributed by atoms with Crippen molar-refractivity contribution in [3.63, 3.8) is 0 Å². The molecule has 4 heteroatoms. The maximum atomic E-state index is 12.1. The molecule has 1 N–H and O–H groups in total. The molecule has 0 radical (unpaired) electrons. The Morgan fingerprint density at radius 3 is 2.60 bits per heavy atom. The summed E-state index contributed by atoms with van der Waals surface area (Å²) in [5.74, 6) is -0.110.